The second kappa shape index (κ2) is 7.04. The first kappa shape index (κ1) is 15.3. The third-order valence-electron chi connectivity index (χ3n) is 4.16. The number of ether oxygens (including phenoxy) is 1. The molecule has 2 atom stereocenters. The van der Waals surface area contributed by atoms with E-state index < -0.39 is 0 Å². The van der Waals surface area contributed by atoms with Gasteiger partial charge in [0, 0.05) is 30.3 Å². The Hall–Kier alpha value is -1.13. The molecule has 0 spiro atoms. The molecule has 2 rings (SSSR count). The number of methoxy groups -OCH3 is 1. The quantitative estimate of drug-likeness (QED) is 0.867. The van der Waals surface area contributed by atoms with E-state index in [1.807, 2.05) is 6.92 Å². The summed E-state index contributed by atoms with van der Waals surface area (Å²) in [5.74, 6) is 0.349. The molecule has 0 aliphatic carbocycles. The van der Waals surface area contributed by atoms with Crippen LogP contribution in [0.15, 0.2) is 18.2 Å². The van der Waals surface area contributed by atoms with Gasteiger partial charge in [0.2, 0.25) is 0 Å². The van der Waals surface area contributed by atoms with Crippen molar-refractivity contribution in [2.24, 2.45) is 0 Å². The highest BCUT2D eigenvalue weighted by Crippen LogP contribution is 2.22. The first-order valence-corrected chi connectivity index (χ1v) is 7.42. The van der Waals surface area contributed by atoms with Crippen LogP contribution in [0, 0.1) is 5.82 Å². The van der Waals surface area contributed by atoms with Crippen molar-refractivity contribution in [2.45, 2.75) is 38.8 Å². The molecule has 1 fully saturated rings. The number of hydrogen-bond donors (Lipinski definition) is 1. The predicted octanol–water partition coefficient (Wildman–Crippen LogP) is 2.97. The summed E-state index contributed by atoms with van der Waals surface area (Å²) in [5.41, 5.74) is 0.694. The first-order valence-electron chi connectivity index (χ1n) is 7.42. The van der Waals surface area contributed by atoms with E-state index in [9.17, 15) is 4.39 Å². The molecule has 3 nitrogen and oxygen atoms in total. The molecule has 20 heavy (non-hydrogen) atoms. The van der Waals surface area contributed by atoms with Crippen molar-refractivity contribution in [3.8, 4) is 5.75 Å². The van der Waals surface area contributed by atoms with E-state index in [4.69, 9.17) is 4.74 Å². The molecule has 2 unspecified atom stereocenters. The lowest BCUT2D eigenvalue weighted by atomic mass is 10.1. The first-order chi connectivity index (χ1) is 9.61. The minimum atomic E-state index is -0.210. The van der Waals surface area contributed by atoms with Crippen molar-refractivity contribution in [1.82, 2.24) is 10.2 Å². The largest absolute Gasteiger partial charge is 0.497 e. The fourth-order valence-corrected chi connectivity index (χ4v) is 2.75. The summed E-state index contributed by atoms with van der Waals surface area (Å²) in [6, 6.07) is 5.55. The molecule has 1 aromatic carbocycles. The Morgan fingerprint density at radius 3 is 2.60 bits per heavy atom. The van der Waals surface area contributed by atoms with Crippen LogP contribution in [0.2, 0.25) is 0 Å². The van der Waals surface area contributed by atoms with Gasteiger partial charge >= 0.3 is 0 Å². The summed E-state index contributed by atoms with van der Waals surface area (Å²) in [4.78, 5) is 2.49. The molecule has 1 aliphatic rings. The Bertz CT molecular complexity index is 432. The van der Waals surface area contributed by atoms with Crippen LogP contribution in [0.1, 0.15) is 38.3 Å². The Labute approximate surface area is 121 Å². The lowest BCUT2D eigenvalue weighted by Crippen LogP contribution is -2.39. The molecule has 1 aromatic rings. The topological polar surface area (TPSA) is 24.5 Å². The maximum atomic E-state index is 14.0. The van der Waals surface area contributed by atoms with Gasteiger partial charge in [0.05, 0.1) is 7.11 Å². The maximum Gasteiger partial charge on any atom is 0.131 e. The molecule has 0 radical (unpaired) electrons. The van der Waals surface area contributed by atoms with Crippen LogP contribution in [-0.2, 0) is 0 Å². The summed E-state index contributed by atoms with van der Waals surface area (Å²) in [7, 11) is 1.55. The minimum Gasteiger partial charge on any atom is -0.497 e. The second-order valence-corrected chi connectivity index (χ2v) is 5.61. The molecule has 0 amide bonds. The average Bonchev–Trinajstić information content (AvgIpc) is 2.98. The SMILES string of the molecule is COc1ccc(C(C)NCC(C)N2CCCC2)c(F)c1. The van der Waals surface area contributed by atoms with E-state index in [1.54, 1.807) is 19.2 Å². The number of hydrogen-bond acceptors (Lipinski definition) is 3. The molecule has 1 N–H and O–H groups in total. The number of halogens is 1. The molecular formula is C16H25FN2O. The van der Waals surface area contributed by atoms with Gasteiger partial charge in [-0.05, 0) is 45.8 Å². The highest BCUT2D eigenvalue weighted by molar-refractivity contribution is 5.30. The molecule has 1 saturated heterocycles. The summed E-state index contributed by atoms with van der Waals surface area (Å²) < 4.78 is 19.0. The zero-order valence-corrected chi connectivity index (χ0v) is 12.7. The smallest absolute Gasteiger partial charge is 0.131 e. The molecule has 0 saturated carbocycles. The third kappa shape index (κ3) is 3.70. The van der Waals surface area contributed by atoms with E-state index >= 15 is 0 Å². The maximum absolute atomic E-state index is 14.0. The van der Waals surface area contributed by atoms with Gasteiger partial charge in [0.1, 0.15) is 11.6 Å². The molecule has 0 bridgehead atoms. The van der Waals surface area contributed by atoms with Crippen molar-refractivity contribution < 1.29 is 9.13 Å². The number of likely N-dealkylation sites (tertiary alicyclic amines) is 1. The van der Waals surface area contributed by atoms with Crippen molar-refractivity contribution in [3.05, 3.63) is 29.6 Å². The van der Waals surface area contributed by atoms with Gasteiger partial charge in [-0.25, -0.2) is 4.39 Å². The van der Waals surface area contributed by atoms with Crippen LogP contribution in [0.25, 0.3) is 0 Å². The van der Waals surface area contributed by atoms with Crippen LogP contribution in [0.4, 0.5) is 4.39 Å². The zero-order chi connectivity index (χ0) is 14.5. The van der Waals surface area contributed by atoms with Crippen molar-refractivity contribution >= 4 is 0 Å². The number of rotatable bonds is 6. The van der Waals surface area contributed by atoms with Crippen LogP contribution in [0.3, 0.4) is 0 Å². The normalized spacial score (nSPS) is 19.0. The highest BCUT2D eigenvalue weighted by atomic mass is 19.1. The van der Waals surface area contributed by atoms with Gasteiger partial charge in [0.15, 0.2) is 0 Å². The van der Waals surface area contributed by atoms with Crippen LogP contribution in [0.5, 0.6) is 5.75 Å². The summed E-state index contributed by atoms with van der Waals surface area (Å²) >= 11 is 0. The summed E-state index contributed by atoms with van der Waals surface area (Å²) in [6.07, 6.45) is 2.60. The van der Waals surface area contributed by atoms with E-state index in [0.29, 0.717) is 17.4 Å². The second-order valence-electron chi connectivity index (χ2n) is 5.61. The molecule has 112 valence electrons. The van der Waals surface area contributed by atoms with E-state index in [1.165, 1.54) is 32.0 Å². The van der Waals surface area contributed by atoms with Crippen molar-refractivity contribution in [3.63, 3.8) is 0 Å². The standard InChI is InChI=1S/C16H25FN2O/c1-12(19-8-4-5-9-19)11-18-13(2)15-7-6-14(20-3)10-16(15)17/h6-7,10,12-13,18H,4-5,8-9,11H2,1-3H3. The molecule has 0 aromatic heterocycles. The Kier molecular flexibility index (Phi) is 5.38. The van der Waals surface area contributed by atoms with Gasteiger partial charge < -0.3 is 10.1 Å². The fraction of sp³-hybridized carbons (Fsp3) is 0.625. The van der Waals surface area contributed by atoms with Crippen molar-refractivity contribution in [2.75, 3.05) is 26.7 Å². The number of nitrogens with zero attached hydrogens (tertiary/aromatic N) is 1. The lowest BCUT2D eigenvalue weighted by Gasteiger charge is -2.26. The Morgan fingerprint density at radius 2 is 2.00 bits per heavy atom. The monoisotopic (exact) mass is 280 g/mol. The van der Waals surface area contributed by atoms with E-state index in [0.717, 1.165) is 6.54 Å². The molecular weight excluding hydrogens is 255 g/mol. The van der Waals surface area contributed by atoms with Crippen LogP contribution >= 0.6 is 0 Å². The molecule has 4 heteroatoms. The van der Waals surface area contributed by atoms with Gasteiger partial charge in [-0.3, -0.25) is 4.90 Å². The van der Waals surface area contributed by atoms with Crippen molar-refractivity contribution in [1.29, 1.82) is 0 Å². The Balaban J connectivity index is 1.89. The fourth-order valence-electron chi connectivity index (χ4n) is 2.75. The molecule has 1 aliphatic heterocycles. The minimum absolute atomic E-state index is 0.00552. The number of benzene rings is 1. The number of nitrogens with one attached hydrogen (secondary N) is 1. The van der Waals surface area contributed by atoms with Crippen LogP contribution < -0.4 is 10.1 Å². The van der Waals surface area contributed by atoms with Crippen LogP contribution in [-0.4, -0.2) is 37.7 Å². The third-order valence-corrected chi connectivity index (χ3v) is 4.16. The van der Waals surface area contributed by atoms with Gasteiger partial charge in [-0.15, -0.1) is 0 Å². The van der Waals surface area contributed by atoms with Gasteiger partial charge in [-0.1, -0.05) is 6.07 Å². The Morgan fingerprint density at radius 1 is 1.30 bits per heavy atom. The predicted molar refractivity (Wildman–Crippen MR) is 79.6 cm³/mol. The summed E-state index contributed by atoms with van der Waals surface area (Å²) in [6.45, 7) is 7.49. The van der Waals surface area contributed by atoms with E-state index in [-0.39, 0.29) is 11.9 Å². The van der Waals surface area contributed by atoms with Gasteiger partial charge in [0.25, 0.3) is 0 Å². The average molecular weight is 280 g/mol. The summed E-state index contributed by atoms with van der Waals surface area (Å²) in [5, 5.41) is 3.43. The van der Waals surface area contributed by atoms with Gasteiger partial charge in [-0.2, -0.15) is 0 Å². The molecule has 1 heterocycles. The lowest BCUT2D eigenvalue weighted by molar-refractivity contribution is 0.246. The van der Waals surface area contributed by atoms with E-state index in [2.05, 4.69) is 17.1 Å². The highest BCUT2D eigenvalue weighted by Gasteiger charge is 2.19. The zero-order valence-electron chi connectivity index (χ0n) is 12.7.